The van der Waals surface area contributed by atoms with Gasteiger partial charge < -0.3 is 5.11 Å². The highest BCUT2D eigenvalue weighted by atomic mass is 19.2. The van der Waals surface area contributed by atoms with Crippen molar-refractivity contribution in [1.29, 1.82) is 0 Å². The Kier molecular flexibility index (Phi) is 6.07. The Labute approximate surface area is 135 Å². The van der Waals surface area contributed by atoms with Crippen molar-refractivity contribution in [3.63, 3.8) is 0 Å². The zero-order chi connectivity index (χ0) is 17.0. The van der Waals surface area contributed by atoms with E-state index in [-0.39, 0.29) is 18.6 Å². The molecule has 4 nitrogen and oxygen atoms in total. The molecule has 0 amide bonds. The van der Waals surface area contributed by atoms with Crippen LogP contribution in [0.4, 0.5) is 8.78 Å². The third-order valence-electron chi connectivity index (χ3n) is 4.73. The molecule has 1 atom stereocenters. The number of carboxylic acid groups (broad SMARTS) is 1. The van der Waals surface area contributed by atoms with Gasteiger partial charge in [0.2, 0.25) is 0 Å². The van der Waals surface area contributed by atoms with E-state index >= 15 is 0 Å². The van der Waals surface area contributed by atoms with Crippen LogP contribution >= 0.6 is 0 Å². The van der Waals surface area contributed by atoms with Gasteiger partial charge in [-0.3, -0.25) is 14.6 Å². The summed E-state index contributed by atoms with van der Waals surface area (Å²) in [6, 6.07) is 4.33. The number of hydrogen-bond donors (Lipinski definition) is 1. The Hall–Kier alpha value is -1.53. The monoisotopic (exact) mass is 326 g/mol. The quantitative estimate of drug-likeness (QED) is 0.873. The lowest BCUT2D eigenvalue weighted by atomic mass is 9.99. The molecule has 0 bridgehead atoms. The number of rotatable bonds is 6. The Morgan fingerprint density at radius 3 is 2.52 bits per heavy atom. The largest absolute Gasteiger partial charge is 0.480 e. The summed E-state index contributed by atoms with van der Waals surface area (Å²) < 4.78 is 26.4. The van der Waals surface area contributed by atoms with Crippen molar-refractivity contribution in [3.8, 4) is 0 Å². The van der Waals surface area contributed by atoms with E-state index in [1.54, 1.807) is 6.07 Å². The average molecular weight is 326 g/mol. The van der Waals surface area contributed by atoms with Crippen molar-refractivity contribution in [2.75, 3.05) is 26.2 Å². The molecule has 1 N–H and O–H groups in total. The highest BCUT2D eigenvalue weighted by Crippen LogP contribution is 2.26. The predicted octanol–water partition coefficient (Wildman–Crippen LogP) is 2.90. The zero-order valence-electron chi connectivity index (χ0n) is 13.6. The van der Waals surface area contributed by atoms with Crippen LogP contribution in [-0.4, -0.2) is 53.1 Å². The number of carbonyl (C=O) groups is 1. The summed E-state index contributed by atoms with van der Waals surface area (Å²) in [5.74, 6) is -2.45. The number of hydrogen-bond acceptors (Lipinski definition) is 3. The van der Waals surface area contributed by atoms with Crippen molar-refractivity contribution in [2.45, 2.75) is 38.8 Å². The van der Waals surface area contributed by atoms with Gasteiger partial charge in [0.15, 0.2) is 11.6 Å². The fourth-order valence-corrected chi connectivity index (χ4v) is 3.29. The van der Waals surface area contributed by atoms with Crippen LogP contribution in [0, 0.1) is 11.6 Å². The lowest BCUT2D eigenvalue weighted by Gasteiger charge is -2.40. The van der Waals surface area contributed by atoms with E-state index in [4.69, 9.17) is 5.11 Å². The lowest BCUT2D eigenvalue weighted by Crippen LogP contribution is -2.47. The number of halogens is 2. The van der Waals surface area contributed by atoms with Gasteiger partial charge in [-0.1, -0.05) is 13.0 Å². The molecule has 1 unspecified atom stereocenters. The molecule has 1 aliphatic rings. The first-order valence-electron chi connectivity index (χ1n) is 8.07. The molecule has 0 aliphatic carbocycles. The normalized spacial score (nSPS) is 18.3. The average Bonchev–Trinajstić information content (AvgIpc) is 2.54. The van der Waals surface area contributed by atoms with E-state index in [0.717, 1.165) is 38.0 Å². The van der Waals surface area contributed by atoms with Gasteiger partial charge in [0.1, 0.15) is 0 Å². The smallest absolute Gasteiger partial charge is 0.317 e. The van der Waals surface area contributed by atoms with E-state index in [9.17, 15) is 13.6 Å². The minimum Gasteiger partial charge on any atom is -0.480 e. The molecule has 128 valence electrons. The Balaban J connectivity index is 1.95. The Morgan fingerprint density at radius 1 is 1.35 bits per heavy atom. The summed E-state index contributed by atoms with van der Waals surface area (Å²) >= 11 is 0. The number of likely N-dealkylation sites (N-methyl/N-ethyl adjacent to an activating group) is 1. The number of carboxylic acids is 1. The number of piperidine rings is 1. The molecule has 1 saturated heterocycles. The van der Waals surface area contributed by atoms with Crippen molar-refractivity contribution < 1.29 is 18.7 Å². The molecular weight excluding hydrogens is 302 g/mol. The third kappa shape index (κ3) is 4.48. The zero-order valence-corrected chi connectivity index (χ0v) is 13.6. The van der Waals surface area contributed by atoms with Gasteiger partial charge in [-0.05, 0) is 44.0 Å². The van der Waals surface area contributed by atoms with Gasteiger partial charge in [0.05, 0.1) is 6.54 Å². The molecule has 0 saturated carbocycles. The fourth-order valence-electron chi connectivity index (χ4n) is 3.29. The number of likely N-dealkylation sites (tertiary alicyclic amines) is 1. The van der Waals surface area contributed by atoms with Crippen LogP contribution in [-0.2, 0) is 4.79 Å². The second-order valence-electron chi connectivity index (χ2n) is 6.07. The van der Waals surface area contributed by atoms with Crippen LogP contribution in [0.15, 0.2) is 18.2 Å². The minimum atomic E-state index is -0.827. The van der Waals surface area contributed by atoms with Crippen LogP contribution in [0.1, 0.15) is 38.3 Å². The second kappa shape index (κ2) is 7.84. The van der Waals surface area contributed by atoms with Crippen LogP contribution in [0.25, 0.3) is 0 Å². The number of nitrogens with zero attached hydrogens (tertiary/aromatic N) is 2. The van der Waals surface area contributed by atoms with Gasteiger partial charge >= 0.3 is 5.97 Å². The maximum atomic E-state index is 13.4. The summed E-state index contributed by atoms with van der Waals surface area (Å²) in [6.45, 7) is 6.39. The topological polar surface area (TPSA) is 43.8 Å². The van der Waals surface area contributed by atoms with Gasteiger partial charge in [0, 0.05) is 25.2 Å². The van der Waals surface area contributed by atoms with Crippen molar-refractivity contribution in [1.82, 2.24) is 9.80 Å². The summed E-state index contributed by atoms with van der Waals surface area (Å²) in [6.07, 6.45) is 1.77. The van der Waals surface area contributed by atoms with Gasteiger partial charge in [-0.2, -0.15) is 0 Å². The molecule has 6 heteroatoms. The van der Waals surface area contributed by atoms with Crippen LogP contribution in [0.2, 0.25) is 0 Å². The highest BCUT2D eigenvalue weighted by molar-refractivity contribution is 5.69. The van der Waals surface area contributed by atoms with E-state index in [2.05, 4.69) is 4.90 Å². The first kappa shape index (κ1) is 17.8. The van der Waals surface area contributed by atoms with Crippen LogP contribution < -0.4 is 0 Å². The molecule has 1 aliphatic heterocycles. The minimum absolute atomic E-state index is 0.0144. The molecule has 23 heavy (non-hydrogen) atoms. The number of aliphatic carboxylic acids is 1. The van der Waals surface area contributed by atoms with Crippen LogP contribution in [0.3, 0.4) is 0 Å². The molecule has 1 aromatic rings. The molecule has 1 aromatic carbocycles. The maximum Gasteiger partial charge on any atom is 0.317 e. The van der Waals surface area contributed by atoms with Crippen LogP contribution in [0.5, 0.6) is 0 Å². The fraction of sp³-hybridized carbons (Fsp3) is 0.588. The molecule has 0 aromatic heterocycles. The molecular formula is C17H24F2N2O2. The van der Waals surface area contributed by atoms with Crippen molar-refractivity contribution >= 4 is 5.97 Å². The van der Waals surface area contributed by atoms with Gasteiger partial charge in [-0.15, -0.1) is 0 Å². The molecule has 1 heterocycles. The van der Waals surface area contributed by atoms with E-state index in [0.29, 0.717) is 0 Å². The lowest BCUT2D eigenvalue weighted by molar-refractivity contribution is -0.139. The Bertz CT molecular complexity index is 545. The molecule has 2 rings (SSSR count). The maximum absolute atomic E-state index is 13.4. The first-order chi connectivity index (χ1) is 10.9. The molecule has 1 fully saturated rings. The predicted molar refractivity (Wildman–Crippen MR) is 84.3 cm³/mol. The van der Waals surface area contributed by atoms with E-state index in [1.165, 1.54) is 12.1 Å². The van der Waals surface area contributed by atoms with E-state index < -0.39 is 17.6 Å². The standard InChI is InChI=1S/C17H24F2N2O2/c1-3-20(11-17(22)23)14-6-8-21(9-7-14)12(2)13-4-5-15(18)16(19)10-13/h4-5,10,12,14H,3,6-9,11H2,1-2H3,(H,22,23). The first-order valence-corrected chi connectivity index (χ1v) is 8.07. The van der Waals surface area contributed by atoms with E-state index in [1.807, 2.05) is 18.7 Å². The number of benzene rings is 1. The Morgan fingerprint density at radius 2 is 2.00 bits per heavy atom. The highest BCUT2D eigenvalue weighted by Gasteiger charge is 2.27. The summed E-state index contributed by atoms with van der Waals surface area (Å²) in [4.78, 5) is 15.1. The van der Waals surface area contributed by atoms with Gasteiger partial charge in [-0.25, -0.2) is 8.78 Å². The van der Waals surface area contributed by atoms with Gasteiger partial charge in [0.25, 0.3) is 0 Å². The molecule has 0 radical (unpaired) electrons. The SMILES string of the molecule is CCN(CC(=O)O)C1CCN(C(C)c2ccc(F)c(F)c2)CC1. The summed E-state index contributed by atoms with van der Waals surface area (Å²) in [7, 11) is 0. The summed E-state index contributed by atoms with van der Waals surface area (Å²) in [5.41, 5.74) is 0.764. The molecule has 0 spiro atoms. The third-order valence-corrected chi connectivity index (χ3v) is 4.73. The second-order valence-corrected chi connectivity index (χ2v) is 6.07. The summed E-state index contributed by atoms with van der Waals surface area (Å²) in [5, 5.41) is 8.96. The van der Waals surface area contributed by atoms with Crippen molar-refractivity contribution in [2.24, 2.45) is 0 Å². The van der Waals surface area contributed by atoms with Crippen molar-refractivity contribution in [3.05, 3.63) is 35.4 Å².